The predicted octanol–water partition coefficient (Wildman–Crippen LogP) is 8.18. The minimum absolute atomic E-state index is 0.185. The largest absolute Gasteiger partial charge is 0.481 e. The van der Waals surface area contributed by atoms with E-state index in [1.165, 1.54) is 53.2 Å². The fourth-order valence-corrected chi connectivity index (χ4v) is 4.53. The lowest BCUT2D eigenvalue weighted by Crippen LogP contribution is -2.27. The van der Waals surface area contributed by atoms with Crippen LogP contribution in [0.3, 0.4) is 0 Å². The number of carboxylic acid groups (broad SMARTS) is 1. The summed E-state index contributed by atoms with van der Waals surface area (Å²) < 4.78 is 8.17. The highest BCUT2D eigenvalue weighted by Gasteiger charge is 2.31. The van der Waals surface area contributed by atoms with Crippen molar-refractivity contribution in [3.8, 4) is 0 Å². The van der Waals surface area contributed by atoms with E-state index in [1.54, 1.807) is 0 Å². The summed E-state index contributed by atoms with van der Waals surface area (Å²) >= 11 is 0. The molecule has 0 aliphatic rings. The van der Waals surface area contributed by atoms with Gasteiger partial charge in [0.1, 0.15) is 0 Å². The van der Waals surface area contributed by atoms with Gasteiger partial charge in [0.15, 0.2) is 5.78 Å². The first kappa shape index (κ1) is 30.5. The van der Waals surface area contributed by atoms with E-state index in [9.17, 15) is 14.7 Å². The van der Waals surface area contributed by atoms with Crippen molar-refractivity contribution in [2.75, 3.05) is 0 Å². The van der Waals surface area contributed by atoms with E-state index in [4.69, 9.17) is 4.57 Å². The first-order chi connectivity index (χ1) is 15.2. The molecule has 0 heterocycles. The van der Waals surface area contributed by atoms with Gasteiger partial charge in [0.2, 0.25) is 0 Å². The molecular weight excluding hydrogens is 419 g/mol. The van der Waals surface area contributed by atoms with Crippen LogP contribution in [0, 0.1) is 26.2 Å². The molecule has 0 radical (unpaired) electrons. The molecular formula is C27H46O4P+. The van der Waals surface area contributed by atoms with E-state index in [1.807, 2.05) is 27.7 Å². The van der Waals surface area contributed by atoms with Gasteiger partial charge in [0.25, 0.3) is 0 Å². The number of carboxylic acids is 1. The molecule has 0 saturated carbocycles. The van der Waals surface area contributed by atoms with Gasteiger partial charge >= 0.3 is 15.1 Å². The molecule has 0 aliphatic carbocycles. The Morgan fingerprint density at radius 1 is 0.812 bits per heavy atom. The molecule has 0 amide bonds. The molecule has 32 heavy (non-hydrogen) atoms. The minimum atomic E-state index is -0.693. The van der Waals surface area contributed by atoms with Gasteiger partial charge in [-0.1, -0.05) is 87.0 Å². The minimum Gasteiger partial charge on any atom is -0.481 e. The molecule has 0 saturated heterocycles. The first-order valence-corrected chi connectivity index (χ1v) is 12.8. The van der Waals surface area contributed by atoms with Crippen molar-refractivity contribution in [2.24, 2.45) is 5.41 Å². The van der Waals surface area contributed by atoms with Crippen molar-refractivity contribution in [2.45, 2.75) is 118 Å². The molecule has 1 N–H and O–H groups in total. The molecule has 4 nitrogen and oxygen atoms in total. The van der Waals surface area contributed by atoms with Crippen LogP contribution in [0.15, 0.2) is 12.1 Å². The van der Waals surface area contributed by atoms with Gasteiger partial charge in [-0.2, -0.15) is 0 Å². The molecule has 1 aromatic carbocycles. The maximum absolute atomic E-state index is 12.7. The van der Waals surface area contributed by atoms with Gasteiger partial charge in [-0.3, -0.25) is 9.59 Å². The number of rotatable bonds is 16. The van der Waals surface area contributed by atoms with Crippen LogP contribution in [0.25, 0.3) is 0 Å². The van der Waals surface area contributed by atoms with E-state index in [-0.39, 0.29) is 5.78 Å². The number of hydrogen-bond donors (Lipinski definition) is 1. The number of aryl methyl sites for hydroxylation is 3. The Morgan fingerprint density at radius 2 is 1.25 bits per heavy atom. The maximum atomic E-state index is 12.7. The quantitative estimate of drug-likeness (QED) is 0.152. The Kier molecular flexibility index (Phi) is 16.2. The average Bonchev–Trinajstić information content (AvgIpc) is 2.73. The average molecular weight is 466 g/mol. The fraction of sp³-hybridized carbons (Fsp3) is 0.704. The third kappa shape index (κ3) is 11.4. The first-order valence-electron chi connectivity index (χ1n) is 12.3. The maximum Gasteiger partial charge on any atom is 0.310 e. The van der Waals surface area contributed by atoms with Crippen LogP contribution >= 0.6 is 9.12 Å². The zero-order chi connectivity index (χ0) is 24.6. The van der Waals surface area contributed by atoms with E-state index in [0.717, 1.165) is 48.8 Å². The third-order valence-corrected chi connectivity index (χ3v) is 6.44. The second-order valence-electron chi connectivity index (χ2n) is 9.49. The summed E-state index contributed by atoms with van der Waals surface area (Å²) in [5.41, 5.74) is 3.45. The van der Waals surface area contributed by atoms with Gasteiger partial charge in [0, 0.05) is 12.0 Å². The number of aliphatic carboxylic acids is 1. The molecule has 1 aromatic rings. The zero-order valence-corrected chi connectivity index (χ0v) is 22.3. The smallest absolute Gasteiger partial charge is 0.310 e. The Labute approximate surface area is 198 Å². The van der Waals surface area contributed by atoms with Crippen LogP contribution in [-0.4, -0.2) is 16.9 Å². The van der Waals surface area contributed by atoms with E-state index < -0.39 is 11.4 Å². The van der Waals surface area contributed by atoms with Crippen LogP contribution in [0.1, 0.15) is 124 Å². The summed E-state index contributed by atoms with van der Waals surface area (Å²) in [6, 6.07) is 4.12. The lowest BCUT2D eigenvalue weighted by atomic mass is 9.79. The monoisotopic (exact) mass is 465 g/mol. The normalized spacial score (nSPS) is 12.5. The second kappa shape index (κ2) is 17.0. The summed E-state index contributed by atoms with van der Waals surface area (Å²) in [6.45, 7) is 10.2. The highest BCUT2D eigenvalue weighted by molar-refractivity contribution is 7.00. The molecule has 2 atom stereocenters. The Bertz CT molecular complexity index is 678. The lowest BCUT2D eigenvalue weighted by Gasteiger charge is -2.24. The molecule has 0 spiro atoms. The van der Waals surface area contributed by atoms with Crippen molar-refractivity contribution >= 4 is 20.9 Å². The predicted molar refractivity (Wildman–Crippen MR) is 137 cm³/mol. The molecule has 0 fully saturated rings. The zero-order valence-electron chi connectivity index (χ0n) is 21.1. The van der Waals surface area contributed by atoms with Gasteiger partial charge in [0.05, 0.1) is 5.41 Å². The van der Waals surface area contributed by atoms with Crippen molar-refractivity contribution in [3.05, 3.63) is 34.4 Å². The number of unbranched alkanes of at least 4 members (excludes halogenated alkanes) is 8. The van der Waals surface area contributed by atoms with Crippen LogP contribution in [0.5, 0.6) is 0 Å². The highest BCUT2D eigenvalue weighted by Crippen LogP contribution is 2.32. The van der Waals surface area contributed by atoms with Crippen LogP contribution in [0.4, 0.5) is 0 Å². The number of ketones is 1. The van der Waals surface area contributed by atoms with Crippen molar-refractivity contribution in [1.29, 1.82) is 0 Å². The van der Waals surface area contributed by atoms with Crippen molar-refractivity contribution in [1.82, 2.24) is 0 Å². The number of carbonyl (C=O) groups is 2. The van der Waals surface area contributed by atoms with E-state index >= 15 is 0 Å². The fourth-order valence-electron chi connectivity index (χ4n) is 4.53. The molecule has 5 heteroatoms. The van der Waals surface area contributed by atoms with Gasteiger partial charge in [-0.15, -0.1) is 0 Å². The number of benzene rings is 1. The van der Waals surface area contributed by atoms with Crippen LogP contribution in [0.2, 0.25) is 0 Å². The Morgan fingerprint density at radius 3 is 1.72 bits per heavy atom. The van der Waals surface area contributed by atoms with Gasteiger partial charge < -0.3 is 5.11 Å². The van der Waals surface area contributed by atoms with Crippen LogP contribution in [-0.2, 0) is 9.36 Å². The highest BCUT2D eigenvalue weighted by atomic mass is 31.0. The van der Waals surface area contributed by atoms with E-state index in [2.05, 4.69) is 19.1 Å². The third-order valence-electron chi connectivity index (χ3n) is 6.44. The van der Waals surface area contributed by atoms with Gasteiger partial charge in [-0.25, -0.2) is 0 Å². The Balaban J connectivity index is 0.00000466. The second-order valence-corrected chi connectivity index (χ2v) is 9.49. The van der Waals surface area contributed by atoms with Gasteiger partial charge in [-0.05, 0) is 58.1 Å². The van der Waals surface area contributed by atoms with Crippen LogP contribution < -0.4 is 0 Å². The number of carbonyl (C=O) groups excluding carboxylic acids is 1. The molecule has 182 valence electrons. The summed E-state index contributed by atoms with van der Waals surface area (Å²) in [6.07, 6.45) is 13.2. The standard InChI is InChI=1S/C27H44O3.H2OP/c1-6-7-8-9-10-11-12-14-17-27(5,26(29)30)18-15-13-16-24(28)25-22(3)19-21(2)20-23(25)4;1-2/h19-20H,6-18H2,1-5H3,(H,29,30);2H2/q;+1. The molecule has 0 bridgehead atoms. The van der Waals surface area contributed by atoms with Crippen molar-refractivity contribution < 1.29 is 19.3 Å². The molecule has 0 aliphatic heterocycles. The topological polar surface area (TPSA) is 71.4 Å². The Hall–Kier alpha value is -1.54. The molecule has 1 rings (SSSR count). The summed E-state index contributed by atoms with van der Waals surface area (Å²) in [5, 5.41) is 9.75. The molecule has 2 unspecified atom stereocenters. The van der Waals surface area contributed by atoms with E-state index in [0.29, 0.717) is 12.8 Å². The molecule has 0 aromatic heterocycles. The number of Topliss-reactive ketones (excluding diaryl/α,β-unsaturated/α-hetero) is 1. The summed E-state index contributed by atoms with van der Waals surface area (Å²) in [5.74, 6) is -0.507. The lowest BCUT2D eigenvalue weighted by molar-refractivity contribution is -0.149. The van der Waals surface area contributed by atoms with Crippen molar-refractivity contribution in [3.63, 3.8) is 0 Å². The number of hydrogen-bond acceptors (Lipinski definition) is 3. The SMILES string of the molecule is CCCCCCCCCCC(C)(CCCCC(=O)c1c(C)cc(C)cc1C)C(=O)O.O=[PH2+]. The summed E-state index contributed by atoms with van der Waals surface area (Å²) in [4.78, 5) is 24.5. The summed E-state index contributed by atoms with van der Waals surface area (Å²) in [7, 11) is 1.17.